The molecule has 0 saturated heterocycles. The Balaban J connectivity index is 2.17. The van der Waals surface area contributed by atoms with Crippen molar-refractivity contribution in [3.05, 3.63) is 41.9 Å². The van der Waals surface area contributed by atoms with Crippen LogP contribution in [0.3, 0.4) is 0 Å². The summed E-state index contributed by atoms with van der Waals surface area (Å²) < 4.78 is 0. The van der Waals surface area contributed by atoms with Gasteiger partial charge in [-0.05, 0) is 58.9 Å². The third kappa shape index (κ3) is 4.71. The van der Waals surface area contributed by atoms with Crippen LogP contribution in [0.2, 0.25) is 0 Å². The van der Waals surface area contributed by atoms with E-state index in [4.69, 9.17) is 0 Å². The number of rotatable bonds is 8. The van der Waals surface area contributed by atoms with E-state index in [2.05, 4.69) is 52.8 Å². The van der Waals surface area contributed by atoms with Crippen molar-refractivity contribution < 1.29 is 4.79 Å². The first kappa shape index (κ1) is 19.7. The van der Waals surface area contributed by atoms with Crippen molar-refractivity contribution in [3.8, 4) is 0 Å². The maximum absolute atomic E-state index is 12.6. The van der Waals surface area contributed by atoms with Crippen LogP contribution in [0, 0.1) is 6.92 Å². The topological polar surface area (TPSA) is 61.4 Å². The van der Waals surface area contributed by atoms with Gasteiger partial charge in [-0.15, -0.1) is 0 Å². The Morgan fingerprint density at radius 1 is 0.923 bits per heavy atom. The summed E-state index contributed by atoms with van der Waals surface area (Å²) in [6.07, 6.45) is 0. The van der Waals surface area contributed by atoms with Crippen LogP contribution in [0.4, 0.5) is 17.2 Å². The van der Waals surface area contributed by atoms with E-state index in [1.54, 1.807) is 6.07 Å². The highest BCUT2D eigenvalue weighted by Gasteiger charge is 2.13. The molecule has 0 aliphatic carbocycles. The average Bonchev–Trinajstić information content (AvgIpc) is 2.64. The molecule has 0 saturated carbocycles. The van der Waals surface area contributed by atoms with E-state index in [1.165, 1.54) is 0 Å². The van der Waals surface area contributed by atoms with Crippen LogP contribution in [0.5, 0.6) is 0 Å². The molecule has 0 aliphatic heterocycles. The number of hydrogen-bond donors (Lipinski definition) is 1. The van der Waals surface area contributed by atoms with Crippen molar-refractivity contribution in [1.82, 2.24) is 9.97 Å². The second-order valence-corrected chi connectivity index (χ2v) is 6.00. The number of aryl methyl sites for hydroxylation is 1. The fourth-order valence-electron chi connectivity index (χ4n) is 2.92. The van der Waals surface area contributed by atoms with Gasteiger partial charge in [-0.3, -0.25) is 4.79 Å². The molecule has 0 radical (unpaired) electrons. The summed E-state index contributed by atoms with van der Waals surface area (Å²) in [6, 6.07) is 9.64. The highest BCUT2D eigenvalue weighted by molar-refractivity contribution is 6.03. The molecule has 6 nitrogen and oxygen atoms in total. The summed E-state index contributed by atoms with van der Waals surface area (Å²) >= 11 is 0. The maximum Gasteiger partial charge on any atom is 0.274 e. The third-order valence-corrected chi connectivity index (χ3v) is 4.40. The van der Waals surface area contributed by atoms with Crippen molar-refractivity contribution >= 4 is 23.1 Å². The van der Waals surface area contributed by atoms with Gasteiger partial charge in [0.2, 0.25) is 0 Å². The minimum absolute atomic E-state index is 0.223. The number of amides is 1. The van der Waals surface area contributed by atoms with Gasteiger partial charge >= 0.3 is 0 Å². The van der Waals surface area contributed by atoms with Gasteiger partial charge in [-0.2, -0.15) is 0 Å². The van der Waals surface area contributed by atoms with Crippen LogP contribution in [-0.2, 0) is 0 Å². The molecule has 140 valence electrons. The van der Waals surface area contributed by atoms with Gasteiger partial charge in [0.15, 0.2) is 0 Å². The Bertz CT molecular complexity index is 721. The van der Waals surface area contributed by atoms with Crippen LogP contribution in [0.1, 0.15) is 44.0 Å². The zero-order chi connectivity index (χ0) is 19.1. The molecular weight excluding hydrogens is 326 g/mol. The second-order valence-electron chi connectivity index (χ2n) is 6.00. The molecule has 1 aromatic heterocycles. The first-order valence-corrected chi connectivity index (χ1v) is 9.29. The number of aromatic nitrogens is 2. The van der Waals surface area contributed by atoms with E-state index in [-0.39, 0.29) is 5.91 Å². The molecular formula is C20H29N5O. The van der Waals surface area contributed by atoms with Gasteiger partial charge in [-0.1, -0.05) is 0 Å². The van der Waals surface area contributed by atoms with Crippen LogP contribution in [-0.4, -0.2) is 42.1 Å². The molecule has 0 fully saturated rings. The summed E-state index contributed by atoms with van der Waals surface area (Å²) in [6.45, 7) is 13.8. The molecule has 2 aromatic rings. The molecule has 0 unspecified atom stereocenters. The molecule has 1 aromatic carbocycles. The molecule has 0 atom stereocenters. The van der Waals surface area contributed by atoms with E-state index in [0.29, 0.717) is 11.5 Å². The lowest BCUT2D eigenvalue weighted by Crippen LogP contribution is -2.25. The lowest BCUT2D eigenvalue weighted by atomic mass is 10.2. The number of anilines is 3. The molecule has 1 N–H and O–H groups in total. The smallest absolute Gasteiger partial charge is 0.274 e. The molecule has 1 amide bonds. The Kier molecular flexibility index (Phi) is 6.95. The van der Waals surface area contributed by atoms with E-state index < -0.39 is 0 Å². The second kappa shape index (κ2) is 9.17. The standard InChI is InChI=1S/C20H29N5O/c1-6-24(7-2)17-12-10-16(11-13-17)23-20(26)18-14-19(22-15(5)21-18)25(8-3)9-4/h10-14H,6-9H2,1-5H3,(H,23,26). The number of carbonyl (C=O) groups is 1. The van der Waals surface area contributed by atoms with Crippen LogP contribution < -0.4 is 15.1 Å². The fraction of sp³-hybridized carbons (Fsp3) is 0.450. The lowest BCUT2D eigenvalue weighted by Gasteiger charge is -2.21. The number of carbonyl (C=O) groups excluding carboxylic acids is 1. The molecule has 0 spiro atoms. The predicted molar refractivity (Wildman–Crippen MR) is 108 cm³/mol. The van der Waals surface area contributed by atoms with Gasteiger partial charge in [0.1, 0.15) is 17.3 Å². The SMILES string of the molecule is CCN(CC)c1ccc(NC(=O)c2cc(N(CC)CC)nc(C)n2)cc1. The predicted octanol–water partition coefficient (Wildman–Crippen LogP) is 3.73. The third-order valence-electron chi connectivity index (χ3n) is 4.40. The Labute approximate surface area is 156 Å². The maximum atomic E-state index is 12.6. The van der Waals surface area contributed by atoms with Gasteiger partial charge < -0.3 is 15.1 Å². The van der Waals surface area contributed by atoms with Gasteiger partial charge in [0.25, 0.3) is 5.91 Å². The van der Waals surface area contributed by atoms with Gasteiger partial charge in [0.05, 0.1) is 0 Å². The quantitative estimate of drug-likeness (QED) is 0.782. The highest BCUT2D eigenvalue weighted by Crippen LogP contribution is 2.19. The van der Waals surface area contributed by atoms with Crippen molar-refractivity contribution in [2.75, 3.05) is 41.3 Å². The Hall–Kier alpha value is -2.63. The molecule has 2 rings (SSSR count). The number of nitrogens with one attached hydrogen (secondary N) is 1. The van der Waals surface area contributed by atoms with Crippen molar-refractivity contribution in [2.45, 2.75) is 34.6 Å². The number of nitrogens with zero attached hydrogens (tertiary/aromatic N) is 4. The number of hydrogen-bond acceptors (Lipinski definition) is 5. The number of benzene rings is 1. The summed E-state index contributed by atoms with van der Waals surface area (Å²) in [7, 11) is 0. The van der Waals surface area contributed by atoms with Crippen LogP contribution >= 0.6 is 0 Å². The highest BCUT2D eigenvalue weighted by atomic mass is 16.1. The van der Waals surface area contributed by atoms with E-state index >= 15 is 0 Å². The molecule has 1 heterocycles. The van der Waals surface area contributed by atoms with Crippen LogP contribution in [0.15, 0.2) is 30.3 Å². The normalized spacial score (nSPS) is 10.5. The monoisotopic (exact) mass is 355 g/mol. The molecule has 0 bridgehead atoms. The molecule has 6 heteroatoms. The summed E-state index contributed by atoms with van der Waals surface area (Å²) in [4.78, 5) is 25.7. The summed E-state index contributed by atoms with van der Waals surface area (Å²) in [5, 5.41) is 2.92. The minimum Gasteiger partial charge on any atom is -0.372 e. The Morgan fingerprint density at radius 2 is 1.50 bits per heavy atom. The van der Waals surface area contributed by atoms with Crippen molar-refractivity contribution in [1.29, 1.82) is 0 Å². The minimum atomic E-state index is -0.223. The molecule has 0 aliphatic rings. The zero-order valence-electron chi connectivity index (χ0n) is 16.4. The van der Waals surface area contributed by atoms with Gasteiger partial charge in [-0.25, -0.2) is 9.97 Å². The Morgan fingerprint density at radius 3 is 2.04 bits per heavy atom. The van der Waals surface area contributed by atoms with Crippen LogP contribution in [0.25, 0.3) is 0 Å². The first-order valence-electron chi connectivity index (χ1n) is 9.29. The van der Waals surface area contributed by atoms with E-state index in [0.717, 1.165) is 43.4 Å². The first-order chi connectivity index (χ1) is 12.5. The summed E-state index contributed by atoms with van der Waals surface area (Å²) in [5.41, 5.74) is 2.29. The average molecular weight is 355 g/mol. The fourth-order valence-corrected chi connectivity index (χ4v) is 2.92. The van der Waals surface area contributed by atoms with E-state index in [9.17, 15) is 4.79 Å². The largest absolute Gasteiger partial charge is 0.372 e. The van der Waals surface area contributed by atoms with Crippen molar-refractivity contribution in [3.63, 3.8) is 0 Å². The van der Waals surface area contributed by atoms with Crippen molar-refractivity contribution in [2.24, 2.45) is 0 Å². The zero-order valence-corrected chi connectivity index (χ0v) is 16.4. The van der Waals surface area contributed by atoms with Gasteiger partial charge in [0, 0.05) is 43.6 Å². The molecule has 26 heavy (non-hydrogen) atoms. The summed E-state index contributed by atoms with van der Waals surface area (Å²) in [5.74, 6) is 1.15. The van der Waals surface area contributed by atoms with E-state index in [1.807, 2.05) is 31.2 Å². The lowest BCUT2D eigenvalue weighted by molar-refractivity contribution is 0.102.